The fourth-order valence-electron chi connectivity index (χ4n) is 2.35. The number of hydrogen-bond acceptors (Lipinski definition) is 3. The van der Waals surface area contributed by atoms with Gasteiger partial charge in [-0.05, 0) is 57.0 Å². The Labute approximate surface area is 109 Å². The van der Waals surface area contributed by atoms with Gasteiger partial charge in [-0.1, -0.05) is 12.1 Å². The molecule has 1 aromatic carbocycles. The largest absolute Gasteiger partial charge is 0.494 e. The summed E-state index contributed by atoms with van der Waals surface area (Å²) in [5, 5.41) is 9.50. The van der Waals surface area contributed by atoms with Crippen LogP contribution in [0.25, 0.3) is 0 Å². The van der Waals surface area contributed by atoms with Crippen LogP contribution in [0.4, 0.5) is 0 Å². The molecule has 3 nitrogen and oxygen atoms in total. The lowest BCUT2D eigenvalue weighted by Gasteiger charge is -2.14. The van der Waals surface area contributed by atoms with E-state index >= 15 is 0 Å². The Balaban J connectivity index is 1.70. The molecule has 1 aromatic rings. The van der Waals surface area contributed by atoms with E-state index in [1.54, 1.807) is 6.92 Å². The summed E-state index contributed by atoms with van der Waals surface area (Å²) in [7, 11) is 0. The Morgan fingerprint density at radius 3 is 2.83 bits per heavy atom. The van der Waals surface area contributed by atoms with E-state index in [2.05, 4.69) is 4.90 Å². The van der Waals surface area contributed by atoms with E-state index in [0.717, 1.165) is 30.9 Å². The van der Waals surface area contributed by atoms with Crippen LogP contribution in [-0.2, 0) is 0 Å². The highest BCUT2D eigenvalue weighted by molar-refractivity contribution is 5.29. The minimum atomic E-state index is -0.432. The van der Waals surface area contributed by atoms with Gasteiger partial charge in [-0.15, -0.1) is 0 Å². The van der Waals surface area contributed by atoms with E-state index in [4.69, 9.17) is 4.74 Å². The lowest BCUT2D eigenvalue weighted by Crippen LogP contribution is -2.21. The molecule has 0 aromatic heterocycles. The van der Waals surface area contributed by atoms with Gasteiger partial charge in [0.05, 0.1) is 12.7 Å². The SMILES string of the molecule is CC(O)c1cccc(OCCCN2CCCC2)c1. The first-order valence-corrected chi connectivity index (χ1v) is 6.89. The highest BCUT2D eigenvalue weighted by Gasteiger charge is 2.10. The Hall–Kier alpha value is -1.06. The summed E-state index contributed by atoms with van der Waals surface area (Å²) in [6.45, 7) is 6.15. The van der Waals surface area contributed by atoms with Crippen LogP contribution in [0.1, 0.15) is 37.9 Å². The van der Waals surface area contributed by atoms with Crippen LogP contribution in [-0.4, -0.2) is 36.2 Å². The van der Waals surface area contributed by atoms with Crippen molar-refractivity contribution in [2.24, 2.45) is 0 Å². The normalized spacial score (nSPS) is 17.9. The molecule has 1 atom stereocenters. The maximum absolute atomic E-state index is 9.50. The third kappa shape index (κ3) is 4.00. The zero-order valence-corrected chi connectivity index (χ0v) is 11.1. The molecule has 2 rings (SSSR count). The Kier molecular flexibility index (Phi) is 5.02. The summed E-state index contributed by atoms with van der Waals surface area (Å²) in [5.74, 6) is 0.856. The lowest BCUT2D eigenvalue weighted by atomic mass is 10.1. The molecule has 1 aliphatic rings. The number of ether oxygens (including phenoxy) is 1. The summed E-state index contributed by atoms with van der Waals surface area (Å²) in [5.41, 5.74) is 0.909. The fraction of sp³-hybridized carbons (Fsp3) is 0.600. The van der Waals surface area contributed by atoms with Crippen molar-refractivity contribution >= 4 is 0 Å². The van der Waals surface area contributed by atoms with Crippen LogP contribution in [0.2, 0.25) is 0 Å². The predicted octanol–water partition coefficient (Wildman–Crippen LogP) is 2.60. The third-order valence-electron chi connectivity index (χ3n) is 3.43. The lowest BCUT2D eigenvalue weighted by molar-refractivity contribution is 0.198. The summed E-state index contributed by atoms with van der Waals surface area (Å²) in [6, 6.07) is 7.71. The molecular weight excluding hydrogens is 226 g/mol. The van der Waals surface area contributed by atoms with Crippen molar-refractivity contribution in [2.45, 2.75) is 32.3 Å². The minimum Gasteiger partial charge on any atom is -0.494 e. The molecule has 1 N–H and O–H groups in total. The van der Waals surface area contributed by atoms with Crippen LogP contribution < -0.4 is 4.74 Å². The van der Waals surface area contributed by atoms with Gasteiger partial charge in [0.2, 0.25) is 0 Å². The Bertz CT molecular complexity index is 359. The topological polar surface area (TPSA) is 32.7 Å². The summed E-state index contributed by atoms with van der Waals surface area (Å²) in [4.78, 5) is 2.50. The van der Waals surface area contributed by atoms with E-state index in [0.29, 0.717) is 0 Å². The van der Waals surface area contributed by atoms with Gasteiger partial charge in [0.1, 0.15) is 5.75 Å². The van der Waals surface area contributed by atoms with Crippen LogP contribution in [0, 0.1) is 0 Å². The predicted molar refractivity (Wildman–Crippen MR) is 72.9 cm³/mol. The van der Waals surface area contributed by atoms with Gasteiger partial charge >= 0.3 is 0 Å². The second kappa shape index (κ2) is 6.76. The van der Waals surface area contributed by atoms with E-state index in [-0.39, 0.29) is 0 Å². The number of aliphatic hydroxyl groups is 1. The molecule has 1 saturated heterocycles. The molecule has 0 aliphatic carbocycles. The number of likely N-dealkylation sites (tertiary alicyclic amines) is 1. The van der Waals surface area contributed by atoms with Crippen molar-refractivity contribution in [3.8, 4) is 5.75 Å². The zero-order chi connectivity index (χ0) is 12.8. The molecule has 1 fully saturated rings. The average Bonchev–Trinajstić information content (AvgIpc) is 2.88. The minimum absolute atomic E-state index is 0.432. The quantitative estimate of drug-likeness (QED) is 0.787. The molecule has 100 valence electrons. The highest BCUT2D eigenvalue weighted by Crippen LogP contribution is 2.19. The zero-order valence-electron chi connectivity index (χ0n) is 11.1. The maximum Gasteiger partial charge on any atom is 0.119 e. The Morgan fingerprint density at radius 1 is 1.33 bits per heavy atom. The molecule has 0 bridgehead atoms. The van der Waals surface area contributed by atoms with Crippen molar-refractivity contribution in [3.63, 3.8) is 0 Å². The van der Waals surface area contributed by atoms with Crippen molar-refractivity contribution in [2.75, 3.05) is 26.2 Å². The summed E-state index contributed by atoms with van der Waals surface area (Å²) >= 11 is 0. The number of nitrogens with zero attached hydrogens (tertiary/aromatic N) is 1. The molecule has 18 heavy (non-hydrogen) atoms. The number of benzene rings is 1. The Morgan fingerprint density at radius 2 is 2.11 bits per heavy atom. The maximum atomic E-state index is 9.50. The molecule has 0 spiro atoms. The van der Waals surface area contributed by atoms with Gasteiger partial charge in [0.25, 0.3) is 0 Å². The van der Waals surface area contributed by atoms with E-state index in [1.807, 2.05) is 24.3 Å². The third-order valence-corrected chi connectivity index (χ3v) is 3.43. The van der Waals surface area contributed by atoms with Crippen molar-refractivity contribution in [1.29, 1.82) is 0 Å². The molecule has 3 heteroatoms. The molecule has 0 radical (unpaired) electrons. The van der Waals surface area contributed by atoms with Crippen LogP contribution in [0.15, 0.2) is 24.3 Å². The average molecular weight is 249 g/mol. The van der Waals surface area contributed by atoms with E-state index < -0.39 is 6.10 Å². The number of aliphatic hydroxyl groups excluding tert-OH is 1. The van der Waals surface area contributed by atoms with Gasteiger partial charge in [-0.3, -0.25) is 0 Å². The molecule has 1 heterocycles. The molecule has 1 aliphatic heterocycles. The standard InChI is InChI=1S/C15H23NO2/c1-13(17)14-6-4-7-15(12-14)18-11-5-10-16-8-2-3-9-16/h4,6-7,12-13,17H,2-3,5,8-11H2,1H3. The molecule has 0 saturated carbocycles. The molecule has 1 unspecified atom stereocenters. The van der Waals surface area contributed by atoms with Gasteiger partial charge < -0.3 is 14.7 Å². The van der Waals surface area contributed by atoms with Crippen LogP contribution in [0.3, 0.4) is 0 Å². The number of rotatable bonds is 6. The molecular formula is C15H23NO2. The summed E-state index contributed by atoms with van der Waals surface area (Å²) < 4.78 is 5.72. The van der Waals surface area contributed by atoms with Gasteiger partial charge in [-0.2, -0.15) is 0 Å². The highest BCUT2D eigenvalue weighted by atomic mass is 16.5. The van der Waals surface area contributed by atoms with Crippen LogP contribution >= 0.6 is 0 Å². The number of hydrogen-bond donors (Lipinski definition) is 1. The van der Waals surface area contributed by atoms with Crippen LogP contribution in [0.5, 0.6) is 5.75 Å². The van der Waals surface area contributed by atoms with E-state index in [9.17, 15) is 5.11 Å². The summed E-state index contributed by atoms with van der Waals surface area (Å²) in [6.07, 6.45) is 3.33. The van der Waals surface area contributed by atoms with Crippen molar-refractivity contribution in [1.82, 2.24) is 4.90 Å². The van der Waals surface area contributed by atoms with Crippen molar-refractivity contribution in [3.05, 3.63) is 29.8 Å². The molecule has 0 amide bonds. The first-order chi connectivity index (χ1) is 8.75. The van der Waals surface area contributed by atoms with Gasteiger partial charge in [-0.25, -0.2) is 0 Å². The fourth-order valence-corrected chi connectivity index (χ4v) is 2.35. The second-order valence-corrected chi connectivity index (χ2v) is 5.00. The van der Waals surface area contributed by atoms with E-state index in [1.165, 1.54) is 25.9 Å². The second-order valence-electron chi connectivity index (χ2n) is 5.00. The van der Waals surface area contributed by atoms with Crippen molar-refractivity contribution < 1.29 is 9.84 Å². The first kappa shape index (κ1) is 13.4. The smallest absolute Gasteiger partial charge is 0.119 e. The van der Waals surface area contributed by atoms with Gasteiger partial charge in [0, 0.05) is 6.54 Å². The monoisotopic (exact) mass is 249 g/mol. The van der Waals surface area contributed by atoms with Gasteiger partial charge in [0.15, 0.2) is 0 Å². The first-order valence-electron chi connectivity index (χ1n) is 6.89.